The first-order valence-corrected chi connectivity index (χ1v) is 10.8. The third kappa shape index (κ3) is 6.37. The molecule has 7 heteroatoms. The Morgan fingerprint density at radius 1 is 1.27 bits per heavy atom. The molecule has 0 atom stereocenters. The van der Waals surface area contributed by atoms with Gasteiger partial charge in [-0.25, -0.2) is 12.7 Å². The number of rotatable bonds is 8. The Bertz CT molecular complexity index is 696. The number of piperidine rings is 1. The lowest BCUT2D eigenvalue weighted by atomic mass is 9.97. The number of carbonyl (C=O) groups is 1. The summed E-state index contributed by atoms with van der Waals surface area (Å²) < 4.78 is 26.8. The Morgan fingerprint density at radius 3 is 2.58 bits per heavy atom. The number of carbonyl (C=O) groups excluding carboxylic acids is 1. The van der Waals surface area contributed by atoms with E-state index in [2.05, 4.69) is 10.2 Å². The third-order valence-corrected chi connectivity index (χ3v) is 6.58. The fourth-order valence-electron chi connectivity index (χ4n) is 3.25. The molecule has 1 aliphatic heterocycles. The van der Waals surface area contributed by atoms with E-state index in [4.69, 9.17) is 0 Å². The lowest BCUT2D eigenvalue weighted by Gasteiger charge is -2.30. The van der Waals surface area contributed by atoms with E-state index in [1.807, 2.05) is 45.3 Å². The van der Waals surface area contributed by atoms with Gasteiger partial charge in [-0.05, 0) is 52.4 Å². The molecule has 2 rings (SSSR count). The molecule has 0 bridgehead atoms. The van der Waals surface area contributed by atoms with Crippen molar-refractivity contribution in [2.24, 2.45) is 5.92 Å². The average molecular weight is 382 g/mol. The summed E-state index contributed by atoms with van der Waals surface area (Å²) in [5.41, 5.74) is 1.87. The van der Waals surface area contributed by atoms with Gasteiger partial charge in [0.15, 0.2) is 0 Å². The minimum Gasteiger partial charge on any atom is -0.356 e. The highest BCUT2D eigenvalue weighted by Crippen LogP contribution is 2.22. The molecule has 1 aliphatic rings. The standard InChI is InChI=1S/C19H31N3O3S/c1-16-6-4-7-17(14-16)15-26(24,25)22-12-8-18(9-13-22)19(23)20-10-5-11-21(2)3/h4,6-7,14,18H,5,8-13,15H2,1-3H3,(H,20,23). The number of amides is 1. The zero-order valence-corrected chi connectivity index (χ0v) is 16.9. The largest absolute Gasteiger partial charge is 0.356 e. The molecule has 1 fully saturated rings. The molecule has 1 aromatic rings. The van der Waals surface area contributed by atoms with Crippen molar-refractivity contribution in [1.82, 2.24) is 14.5 Å². The van der Waals surface area contributed by atoms with Crippen molar-refractivity contribution in [2.45, 2.75) is 31.9 Å². The zero-order chi connectivity index (χ0) is 19.2. The molecule has 1 amide bonds. The van der Waals surface area contributed by atoms with Crippen LogP contribution in [0.1, 0.15) is 30.4 Å². The van der Waals surface area contributed by atoms with Gasteiger partial charge in [0.1, 0.15) is 0 Å². The fraction of sp³-hybridized carbons (Fsp3) is 0.632. The van der Waals surface area contributed by atoms with E-state index >= 15 is 0 Å². The summed E-state index contributed by atoms with van der Waals surface area (Å²) in [5.74, 6) is -0.00457. The van der Waals surface area contributed by atoms with Crippen molar-refractivity contribution in [3.63, 3.8) is 0 Å². The van der Waals surface area contributed by atoms with Crippen LogP contribution in [0, 0.1) is 12.8 Å². The highest BCUT2D eigenvalue weighted by Gasteiger charge is 2.31. The van der Waals surface area contributed by atoms with Crippen molar-refractivity contribution in [1.29, 1.82) is 0 Å². The van der Waals surface area contributed by atoms with E-state index < -0.39 is 10.0 Å². The number of hydrogen-bond donors (Lipinski definition) is 1. The first-order valence-electron chi connectivity index (χ1n) is 9.24. The molecule has 0 saturated carbocycles. The fourth-order valence-corrected chi connectivity index (χ4v) is 4.80. The predicted octanol–water partition coefficient (Wildman–Crippen LogP) is 1.60. The van der Waals surface area contributed by atoms with E-state index in [0.717, 1.165) is 24.1 Å². The van der Waals surface area contributed by atoms with Crippen LogP contribution in [0.3, 0.4) is 0 Å². The van der Waals surface area contributed by atoms with Crippen molar-refractivity contribution in [3.05, 3.63) is 35.4 Å². The second-order valence-corrected chi connectivity index (χ2v) is 9.34. The van der Waals surface area contributed by atoms with Gasteiger partial charge in [0.05, 0.1) is 5.75 Å². The van der Waals surface area contributed by atoms with Gasteiger partial charge in [-0.2, -0.15) is 0 Å². The SMILES string of the molecule is Cc1cccc(CS(=O)(=O)N2CCC(C(=O)NCCCN(C)C)CC2)c1. The topological polar surface area (TPSA) is 69.7 Å². The molecule has 1 N–H and O–H groups in total. The Balaban J connectivity index is 1.80. The molecular weight excluding hydrogens is 350 g/mol. The first kappa shape index (κ1) is 20.9. The highest BCUT2D eigenvalue weighted by atomic mass is 32.2. The van der Waals surface area contributed by atoms with Gasteiger partial charge in [-0.1, -0.05) is 29.8 Å². The molecule has 0 radical (unpaired) electrons. The van der Waals surface area contributed by atoms with Crippen LogP contribution < -0.4 is 5.32 Å². The number of hydrogen-bond acceptors (Lipinski definition) is 4. The molecule has 6 nitrogen and oxygen atoms in total. The maximum absolute atomic E-state index is 12.6. The van der Waals surface area contributed by atoms with E-state index in [0.29, 0.717) is 32.5 Å². The van der Waals surface area contributed by atoms with Crippen LogP contribution in [0.2, 0.25) is 0 Å². The second-order valence-electron chi connectivity index (χ2n) is 7.37. The maximum Gasteiger partial charge on any atom is 0.223 e. The minimum atomic E-state index is -3.34. The molecule has 0 unspecified atom stereocenters. The quantitative estimate of drug-likeness (QED) is 0.695. The minimum absolute atomic E-state index is 0.0239. The molecule has 1 heterocycles. The Morgan fingerprint density at radius 2 is 1.96 bits per heavy atom. The Kier molecular flexibility index (Phi) is 7.61. The van der Waals surface area contributed by atoms with E-state index in [1.165, 1.54) is 4.31 Å². The lowest BCUT2D eigenvalue weighted by Crippen LogP contribution is -2.43. The van der Waals surface area contributed by atoms with Gasteiger partial charge < -0.3 is 10.2 Å². The summed E-state index contributed by atoms with van der Waals surface area (Å²) in [4.78, 5) is 14.3. The summed E-state index contributed by atoms with van der Waals surface area (Å²) in [6.07, 6.45) is 2.10. The molecule has 0 aromatic heterocycles. The number of benzene rings is 1. The van der Waals surface area contributed by atoms with Gasteiger partial charge >= 0.3 is 0 Å². The Labute approximate surface area is 157 Å². The molecule has 146 valence electrons. The van der Waals surface area contributed by atoms with Crippen molar-refractivity contribution >= 4 is 15.9 Å². The summed E-state index contributed by atoms with van der Waals surface area (Å²) in [7, 11) is 0.681. The number of nitrogens with one attached hydrogen (secondary N) is 1. The van der Waals surface area contributed by atoms with Crippen LogP contribution in [0.5, 0.6) is 0 Å². The summed E-state index contributed by atoms with van der Waals surface area (Å²) >= 11 is 0. The first-order chi connectivity index (χ1) is 12.3. The summed E-state index contributed by atoms with van der Waals surface area (Å²) in [6, 6.07) is 7.59. The third-order valence-electron chi connectivity index (χ3n) is 4.73. The van der Waals surface area contributed by atoms with Crippen molar-refractivity contribution in [3.8, 4) is 0 Å². The van der Waals surface area contributed by atoms with Crippen molar-refractivity contribution < 1.29 is 13.2 Å². The smallest absolute Gasteiger partial charge is 0.223 e. The van der Waals surface area contributed by atoms with Crippen LogP contribution in [-0.2, 0) is 20.6 Å². The maximum atomic E-state index is 12.6. The molecule has 1 saturated heterocycles. The molecule has 26 heavy (non-hydrogen) atoms. The lowest BCUT2D eigenvalue weighted by molar-refractivity contribution is -0.126. The van der Waals surface area contributed by atoms with Crippen LogP contribution in [-0.4, -0.2) is 63.8 Å². The van der Waals surface area contributed by atoms with E-state index in [-0.39, 0.29) is 17.6 Å². The average Bonchev–Trinajstić information content (AvgIpc) is 2.58. The molecular formula is C19H31N3O3S. The second kappa shape index (κ2) is 9.48. The van der Waals surface area contributed by atoms with Crippen molar-refractivity contribution in [2.75, 3.05) is 40.3 Å². The molecule has 1 aromatic carbocycles. The highest BCUT2D eigenvalue weighted by molar-refractivity contribution is 7.88. The summed E-state index contributed by atoms with van der Waals surface area (Å²) in [6.45, 7) is 4.41. The van der Waals surface area contributed by atoms with Gasteiger partial charge in [0.2, 0.25) is 15.9 Å². The summed E-state index contributed by atoms with van der Waals surface area (Å²) in [5, 5.41) is 2.97. The van der Waals surface area contributed by atoms with Gasteiger partial charge in [-0.3, -0.25) is 4.79 Å². The van der Waals surface area contributed by atoms with E-state index in [1.54, 1.807) is 0 Å². The number of aryl methyl sites for hydroxylation is 1. The van der Waals surface area contributed by atoms with Crippen LogP contribution in [0.4, 0.5) is 0 Å². The van der Waals surface area contributed by atoms with E-state index in [9.17, 15) is 13.2 Å². The van der Waals surface area contributed by atoms with Gasteiger partial charge in [-0.15, -0.1) is 0 Å². The Hall–Kier alpha value is -1.44. The van der Waals surface area contributed by atoms with Crippen LogP contribution >= 0.6 is 0 Å². The zero-order valence-electron chi connectivity index (χ0n) is 16.1. The van der Waals surface area contributed by atoms with Gasteiger partial charge in [0, 0.05) is 25.6 Å². The normalized spacial score (nSPS) is 16.8. The predicted molar refractivity (Wildman–Crippen MR) is 104 cm³/mol. The monoisotopic (exact) mass is 381 g/mol. The molecule has 0 aliphatic carbocycles. The molecule has 0 spiro atoms. The van der Waals surface area contributed by atoms with Gasteiger partial charge in [0.25, 0.3) is 0 Å². The van der Waals surface area contributed by atoms with Crippen LogP contribution in [0.25, 0.3) is 0 Å². The number of sulfonamides is 1. The number of nitrogens with zero attached hydrogens (tertiary/aromatic N) is 2. The van der Waals surface area contributed by atoms with Crippen LogP contribution in [0.15, 0.2) is 24.3 Å².